The number of carbonyl (C=O) groups is 1. The number of hydrogen-bond donors (Lipinski definition) is 1. The van der Waals surface area contributed by atoms with Crippen molar-refractivity contribution in [2.45, 2.75) is 44.4 Å². The number of para-hydroxylation sites is 1. The molecular formula is C33H31N2O2+. The summed E-state index contributed by atoms with van der Waals surface area (Å²) in [5, 5.41) is 3.59. The van der Waals surface area contributed by atoms with Gasteiger partial charge >= 0.3 is 0 Å². The largest absolute Gasteiger partial charge is 0.495 e. The van der Waals surface area contributed by atoms with Gasteiger partial charge < -0.3 is 9.72 Å². The first-order valence-electron chi connectivity index (χ1n) is 13.3. The van der Waals surface area contributed by atoms with Crippen LogP contribution in [0.2, 0.25) is 0 Å². The Balaban J connectivity index is 1.44. The van der Waals surface area contributed by atoms with Crippen molar-refractivity contribution in [3.63, 3.8) is 0 Å². The number of H-pyrrole nitrogens is 1. The Hall–Kier alpha value is -3.92. The molecule has 1 aliphatic heterocycles. The van der Waals surface area contributed by atoms with Crippen molar-refractivity contribution >= 4 is 44.4 Å². The Morgan fingerprint density at radius 1 is 0.946 bits per heavy atom. The third kappa shape index (κ3) is 2.96. The van der Waals surface area contributed by atoms with E-state index in [4.69, 9.17) is 4.74 Å². The van der Waals surface area contributed by atoms with E-state index in [9.17, 15) is 4.79 Å². The van der Waals surface area contributed by atoms with Crippen LogP contribution >= 0.6 is 0 Å². The molecule has 184 valence electrons. The van der Waals surface area contributed by atoms with Crippen LogP contribution in [0.3, 0.4) is 0 Å². The average Bonchev–Trinajstić information content (AvgIpc) is 3.36. The zero-order valence-corrected chi connectivity index (χ0v) is 21.7. The Labute approximate surface area is 217 Å². The summed E-state index contributed by atoms with van der Waals surface area (Å²) < 4.78 is 8.28. The summed E-state index contributed by atoms with van der Waals surface area (Å²) in [6.07, 6.45) is 8.03. The number of hydrogen-bond acceptors (Lipinski definition) is 2. The van der Waals surface area contributed by atoms with Gasteiger partial charge in [-0.25, -0.2) is 0 Å². The molecular weight excluding hydrogens is 456 g/mol. The van der Waals surface area contributed by atoms with Gasteiger partial charge in [0, 0.05) is 33.8 Å². The molecule has 4 heteroatoms. The fraction of sp³-hybridized carbons (Fsp3) is 0.273. The molecule has 0 unspecified atom stereocenters. The molecule has 0 bridgehead atoms. The molecule has 1 N–H and O–H groups in total. The third-order valence-corrected chi connectivity index (χ3v) is 8.88. The highest BCUT2D eigenvalue weighted by Crippen LogP contribution is 2.52. The standard InChI is InChI=1S/C33H30N2O2/c1-20-28(23-13-7-8-14-26(23)34-20)29-31(36)24(32(29)37-3)19-27-33(17-9-4-10-18-33)25-16-15-21-11-5-6-12-22(21)30(25)35(27)2/h5-8,11-16,19H,4,9-10,17-18H2,1-3H3/p+1. The fourth-order valence-corrected chi connectivity index (χ4v) is 7.22. The number of rotatable bonds is 3. The van der Waals surface area contributed by atoms with Gasteiger partial charge in [0.05, 0.1) is 29.1 Å². The monoisotopic (exact) mass is 487 g/mol. The van der Waals surface area contributed by atoms with E-state index in [1.807, 2.05) is 19.1 Å². The van der Waals surface area contributed by atoms with E-state index >= 15 is 0 Å². The van der Waals surface area contributed by atoms with Crippen molar-refractivity contribution in [1.29, 1.82) is 0 Å². The molecule has 0 atom stereocenters. The van der Waals surface area contributed by atoms with Gasteiger partial charge in [-0.3, -0.25) is 4.79 Å². The van der Waals surface area contributed by atoms with Crippen molar-refractivity contribution < 1.29 is 14.1 Å². The molecule has 2 heterocycles. The van der Waals surface area contributed by atoms with Gasteiger partial charge in [-0.05, 0) is 37.3 Å². The summed E-state index contributed by atoms with van der Waals surface area (Å²) in [6, 6.07) is 21.4. The molecule has 0 saturated heterocycles. The van der Waals surface area contributed by atoms with E-state index in [2.05, 4.69) is 71.2 Å². The molecule has 4 nitrogen and oxygen atoms in total. The van der Waals surface area contributed by atoms with Gasteiger partial charge in [0.15, 0.2) is 5.71 Å². The van der Waals surface area contributed by atoms with Crippen LogP contribution in [0.4, 0.5) is 5.69 Å². The maximum atomic E-state index is 13.8. The average molecular weight is 488 g/mol. The van der Waals surface area contributed by atoms with E-state index in [-0.39, 0.29) is 11.2 Å². The number of aromatic amines is 1. The number of fused-ring (bicyclic) bond motifs is 5. The van der Waals surface area contributed by atoms with Gasteiger partial charge in [0.25, 0.3) is 0 Å². The minimum atomic E-state index is -0.0645. The van der Waals surface area contributed by atoms with Crippen molar-refractivity contribution in [1.82, 2.24) is 4.98 Å². The molecule has 1 saturated carbocycles. The topological polar surface area (TPSA) is 45.1 Å². The van der Waals surface area contributed by atoms with Crippen LogP contribution in [-0.2, 0) is 14.9 Å². The minimum absolute atomic E-state index is 0.0645. The number of nitrogens with one attached hydrogen (secondary N) is 1. The molecule has 1 fully saturated rings. The predicted molar refractivity (Wildman–Crippen MR) is 150 cm³/mol. The van der Waals surface area contributed by atoms with Gasteiger partial charge in [0.2, 0.25) is 11.5 Å². The fourth-order valence-electron chi connectivity index (χ4n) is 7.22. The number of methoxy groups -OCH3 is 1. The predicted octanol–water partition coefficient (Wildman–Crippen LogP) is 7.13. The Morgan fingerprint density at radius 3 is 2.46 bits per heavy atom. The zero-order chi connectivity index (χ0) is 25.3. The first-order valence-corrected chi connectivity index (χ1v) is 13.3. The lowest BCUT2D eigenvalue weighted by Crippen LogP contribution is -2.37. The highest BCUT2D eigenvalue weighted by Gasteiger charge is 2.52. The maximum Gasteiger partial charge on any atom is 0.217 e. The zero-order valence-electron chi connectivity index (χ0n) is 21.7. The lowest BCUT2D eigenvalue weighted by atomic mass is 9.66. The maximum absolute atomic E-state index is 13.8. The number of benzene rings is 3. The molecule has 0 radical (unpaired) electrons. The van der Waals surface area contributed by atoms with E-state index in [0.29, 0.717) is 16.9 Å². The van der Waals surface area contributed by atoms with Crippen molar-refractivity contribution in [3.8, 4) is 0 Å². The van der Waals surface area contributed by atoms with Crippen molar-refractivity contribution in [3.05, 3.63) is 94.9 Å². The summed E-state index contributed by atoms with van der Waals surface area (Å²) in [4.78, 5) is 17.3. The summed E-state index contributed by atoms with van der Waals surface area (Å²) in [5.74, 6) is 0.767. The van der Waals surface area contributed by atoms with Gasteiger partial charge in [-0.2, -0.15) is 4.58 Å². The molecule has 2 aliphatic carbocycles. The van der Waals surface area contributed by atoms with Crippen molar-refractivity contribution in [2.75, 3.05) is 14.2 Å². The van der Waals surface area contributed by atoms with E-state index in [1.165, 1.54) is 47.0 Å². The third-order valence-electron chi connectivity index (χ3n) is 8.88. The smallest absolute Gasteiger partial charge is 0.217 e. The second-order valence-electron chi connectivity index (χ2n) is 10.7. The number of allylic oxidation sites excluding steroid dienone is 3. The number of ether oxygens (including phenoxy) is 1. The van der Waals surface area contributed by atoms with Crippen LogP contribution in [0.15, 0.2) is 78.1 Å². The number of aromatic nitrogens is 1. The van der Waals surface area contributed by atoms with E-state index in [1.54, 1.807) is 7.11 Å². The number of Topliss-reactive ketones (excluding diaryl/α,β-unsaturated/α-hetero) is 1. The molecule has 0 amide bonds. The molecule has 4 aromatic rings. The number of aryl methyl sites for hydroxylation is 1. The summed E-state index contributed by atoms with van der Waals surface area (Å²) >= 11 is 0. The summed E-state index contributed by atoms with van der Waals surface area (Å²) in [5.41, 5.74) is 8.22. The summed E-state index contributed by atoms with van der Waals surface area (Å²) in [7, 11) is 3.85. The lowest BCUT2D eigenvalue weighted by Gasteiger charge is -2.32. The minimum Gasteiger partial charge on any atom is -0.495 e. The highest BCUT2D eigenvalue weighted by molar-refractivity contribution is 6.41. The molecule has 7 rings (SSSR count). The van der Waals surface area contributed by atoms with E-state index < -0.39 is 0 Å². The van der Waals surface area contributed by atoms with Crippen LogP contribution in [0.25, 0.3) is 27.2 Å². The molecule has 3 aromatic carbocycles. The first kappa shape index (κ1) is 22.3. The Morgan fingerprint density at radius 2 is 1.68 bits per heavy atom. The van der Waals surface area contributed by atoms with Gasteiger partial charge in [-0.1, -0.05) is 67.8 Å². The highest BCUT2D eigenvalue weighted by atomic mass is 16.5. The molecule has 1 spiro atoms. The van der Waals surface area contributed by atoms with Crippen LogP contribution in [0.5, 0.6) is 0 Å². The van der Waals surface area contributed by atoms with Crippen LogP contribution in [0, 0.1) is 6.92 Å². The normalized spacial score (nSPS) is 19.9. The second kappa shape index (κ2) is 8.04. The number of carbonyl (C=O) groups excluding carboxylic acids is 1. The number of nitrogens with zero attached hydrogens (tertiary/aromatic N) is 1. The summed E-state index contributed by atoms with van der Waals surface area (Å²) in [6.45, 7) is 2.03. The quantitative estimate of drug-likeness (QED) is 0.247. The van der Waals surface area contributed by atoms with Crippen LogP contribution < -0.4 is 0 Å². The van der Waals surface area contributed by atoms with E-state index in [0.717, 1.165) is 35.0 Å². The van der Waals surface area contributed by atoms with Crippen molar-refractivity contribution in [2.24, 2.45) is 0 Å². The Bertz CT molecular complexity index is 1720. The molecule has 37 heavy (non-hydrogen) atoms. The van der Waals surface area contributed by atoms with Crippen LogP contribution in [0.1, 0.15) is 48.9 Å². The van der Waals surface area contributed by atoms with Crippen LogP contribution in [-0.4, -0.2) is 35.2 Å². The first-order chi connectivity index (χ1) is 18.0. The Kier molecular flexibility index (Phi) is 4.84. The molecule has 1 aromatic heterocycles. The lowest BCUT2D eigenvalue weighted by molar-refractivity contribution is -0.400. The second-order valence-corrected chi connectivity index (χ2v) is 10.7. The molecule has 3 aliphatic rings. The van der Waals surface area contributed by atoms with Gasteiger partial charge in [-0.15, -0.1) is 0 Å². The SMILES string of the molecule is COC1=C(c2c(C)[nH]c3ccccc23)C(=O)/C1=C\C1=[N+](C)c2c(ccc3ccccc23)C12CCCCC2. The van der Waals surface area contributed by atoms with Gasteiger partial charge in [0.1, 0.15) is 12.8 Å². The number of ketones is 1.